The molecule has 0 saturated heterocycles. The summed E-state index contributed by atoms with van der Waals surface area (Å²) in [6, 6.07) is 10.5. The van der Waals surface area contributed by atoms with Crippen molar-refractivity contribution in [3.05, 3.63) is 69.2 Å². The Morgan fingerprint density at radius 2 is 1.68 bits per heavy atom. The Hall–Kier alpha value is -1.26. The minimum Gasteiger partial charge on any atom is -0.309 e. The summed E-state index contributed by atoms with van der Waals surface area (Å²) >= 11 is 3.13. The van der Waals surface area contributed by atoms with E-state index in [4.69, 9.17) is 0 Å². The van der Waals surface area contributed by atoms with Gasteiger partial charge in [-0.2, -0.15) is 0 Å². The van der Waals surface area contributed by atoms with Gasteiger partial charge in [-0.25, -0.2) is 8.78 Å². The van der Waals surface area contributed by atoms with Crippen LogP contribution < -0.4 is 5.32 Å². The zero-order chi connectivity index (χ0) is 14.0. The van der Waals surface area contributed by atoms with Crippen LogP contribution in [0.1, 0.15) is 22.7 Å². The molecule has 2 aromatic rings. The zero-order valence-corrected chi connectivity index (χ0v) is 12.3. The van der Waals surface area contributed by atoms with Crippen molar-refractivity contribution in [1.82, 2.24) is 5.32 Å². The van der Waals surface area contributed by atoms with Gasteiger partial charge >= 0.3 is 0 Å². The van der Waals surface area contributed by atoms with Crippen molar-refractivity contribution >= 4 is 15.9 Å². The van der Waals surface area contributed by atoms with E-state index in [1.54, 1.807) is 13.1 Å². The zero-order valence-electron chi connectivity index (χ0n) is 10.7. The van der Waals surface area contributed by atoms with E-state index in [2.05, 4.69) is 21.2 Å². The second-order valence-electron chi connectivity index (χ2n) is 4.40. The lowest BCUT2D eigenvalue weighted by atomic mass is 9.98. The van der Waals surface area contributed by atoms with Crippen molar-refractivity contribution in [2.75, 3.05) is 7.05 Å². The van der Waals surface area contributed by atoms with Gasteiger partial charge in [0.1, 0.15) is 0 Å². The van der Waals surface area contributed by atoms with Crippen molar-refractivity contribution in [2.45, 2.75) is 13.0 Å². The van der Waals surface area contributed by atoms with Gasteiger partial charge < -0.3 is 5.32 Å². The van der Waals surface area contributed by atoms with E-state index >= 15 is 0 Å². The molecule has 1 unspecified atom stereocenters. The van der Waals surface area contributed by atoms with Gasteiger partial charge in [-0.3, -0.25) is 0 Å². The Morgan fingerprint density at radius 1 is 1.05 bits per heavy atom. The first-order valence-corrected chi connectivity index (χ1v) is 6.71. The third kappa shape index (κ3) is 2.85. The molecule has 2 rings (SSSR count). The van der Waals surface area contributed by atoms with Gasteiger partial charge in [-0.15, -0.1) is 0 Å². The van der Waals surface area contributed by atoms with Crippen LogP contribution in [0.25, 0.3) is 0 Å². The summed E-state index contributed by atoms with van der Waals surface area (Å²) in [7, 11) is 1.79. The van der Waals surface area contributed by atoms with E-state index in [1.807, 2.05) is 31.2 Å². The van der Waals surface area contributed by atoms with Crippen LogP contribution in [-0.2, 0) is 0 Å². The molecule has 1 atom stereocenters. The van der Waals surface area contributed by atoms with E-state index in [-0.39, 0.29) is 10.5 Å². The average molecular weight is 326 g/mol. The van der Waals surface area contributed by atoms with Gasteiger partial charge in [0.15, 0.2) is 11.6 Å². The molecular formula is C15H14BrF2N. The molecule has 1 nitrogen and oxygen atoms in total. The largest absolute Gasteiger partial charge is 0.309 e. The summed E-state index contributed by atoms with van der Waals surface area (Å²) in [6.45, 7) is 2.01. The maximum Gasteiger partial charge on any atom is 0.173 e. The molecule has 19 heavy (non-hydrogen) atoms. The predicted octanol–water partition coefficient (Wildman–Crippen LogP) is 4.34. The minimum absolute atomic E-state index is 0.160. The normalized spacial score (nSPS) is 12.5. The summed E-state index contributed by atoms with van der Waals surface area (Å²) in [4.78, 5) is 0. The molecule has 0 aliphatic carbocycles. The minimum atomic E-state index is -0.857. The van der Waals surface area contributed by atoms with Crippen LogP contribution in [0.15, 0.2) is 40.9 Å². The number of hydrogen-bond donors (Lipinski definition) is 1. The summed E-state index contributed by atoms with van der Waals surface area (Å²) in [5.74, 6) is -1.71. The first-order chi connectivity index (χ1) is 9.04. The lowest BCUT2D eigenvalue weighted by Crippen LogP contribution is -2.18. The molecule has 0 amide bonds. The number of rotatable bonds is 3. The SMILES string of the molecule is CNC(c1ccc(C)cc1)c1ccc(F)c(F)c1Br. The third-order valence-corrected chi connectivity index (χ3v) is 3.88. The first-order valence-electron chi connectivity index (χ1n) is 5.92. The Balaban J connectivity index is 2.48. The Bertz CT molecular complexity index is 581. The van der Waals surface area contributed by atoms with Crippen molar-refractivity contribution in [3.63, 3.8) is 0 Å². The van der Waals surface area contributed by atoms with Crippen LogP contribution in [0.4, 0.5) is 8.78 Å². The van der Waals surface area contributed by atoms with E-state index in [1.165, 1.54) is 0 Å². The Kier molecular flexibility index (Phi) is 4.32. The van der Waals surface area contributed by atoms with Crippen LogP contribution in [0.5, 0.6) is 0 Å². The molecule has 0 bridgehead atoms. The maximum atomic E-state index is 13.6. The number of benzene rings is 2. The summed E-state index contributed by atoms with van der Waals surface area (Å²) in [5.41, 5.74) is 2.83. The molecule has 0 heterocycles. The highest BCUT2D eigenvalue weighted by Crippen LogP contribution is 2.31. The molecule has 0 aliphatic heterocycles. The number of halogens is 3. The third-order valence-electron chi connectivity index (χ3n) is 3.08. The Morgan fingerprint density at radius 3 is 2.26 bits per heavy atom. The van der Waals surface area contributed by atoms with E-state index in [0.29, 0.717) is 5.56 Å². The van der Waals surface area contributed by atoms with Crippen molar-refractivity contribution in [3.8, 4) is 0 Å². The molecule has 2 aromatic carbocycles. The molecule has 1 N–H and O–H groups in total. The summed E-state index contributed by atoms with van der Waals surface area (Å²) in [6.07, 6.45) is 0. The van der Waals surface area contributed by atoms with Crippen LogP contribution in [0, 0.1) is 18.6 Å². The molecule has 100 valence electrons. The fraction of sp³-hybridized carbons (Fsp3) is 0.200. The molecule has 0 radical (unpaired) electrons. The molecule has 0 aliphatic rings. The van der Waals surface area contributed by atoms with Gasteiger partial charge in [-0.05, 0) is 47.1 Å². The highest BCUT2D eigenvalue weighted by atomic mass is 79.9. The van der Waals surface area contributed by atoms with Gasteiger partial charge in [0.2, 0.25) is 0 Å². The Labute approximate surface area is 119 Å². The first kappa shape index (κ1) is 14.2. The molecule has 0 fully saturated rings. The van der Waals surface area contributed by atoms with Gasteiger partial charge in [0.25, 0.3) is 0 Å². The van der Waals surface area contributed by atoms with Crippen molar-refractivity contribution in [2.24, 2.45) is 0 Å². The lowest BCUT2D eigenvalue weighted by Gasteiger charge is -2.19. The van der Waals surface area contributed by atoms with Gasteiger partial charge in [0, 0.05) is 0 Å². The number of hydrogen-bond acceptors (Lipinski definition) is 1. The highest BCUT2D eigenvalue weighted by molar-refractivity contribution is 9.10. The molecule has 0 aromatic heterocycles. The van der Waals surface area contributed by atoms with Gasteiger partial charge in [0.05, 0.1) is 10.5 Å². The second-order valence-corrected chi connectivity index (χ2v) is 5.19. The molecular weight excluding hydrogens is 312 g/mol. The summed E-state index contributed by atoms with van der Waals surface area (Å²) in [5, 5.41) is 3.12. The fourth-order valence-electron chi connectivity index (χ4n) is 2.02. The van der Waals surface area contributed by atoms with Crippen molar-refractivity contribution in [1.29, 1.82) is 0 Å². The molecule has 0 spiro atoms. The quantitative estimate of drug-likeness (QED) is 0.827. The monoisotopic (exact) mass is 325 g/mol. The van der Waals surface area contributed by atoms with Crippen LogP contribution in [0.3, 0.4) is 0 Å². The highest BCUT2D eigenvalue weighted by Gasteiger charge is 2.19. The van der Waals surface area contributed by atoms with Crippen LogP contribution in [-0.4, -0.2) is 7.05 Å². The van der Waals surface area contributed by atoms with Crippen LogP contribution in [0.2, 0.25) is 0 Å². The summed E-state index contributed by atoms with van der Waals surface area (Å²) < 4.78 is 26.9. The average Bonchev–Trinajstić information content (AvgIpc) is 2.41. The van der Waals surface area contributed by atoms with Crippen LogP contribution >= 0.6 is 15.9 Å². The molecule has 0 saturated carbocycles. The maximum absolute atomic E-state index is 13.6. The predicted molar refractivity (Wildman–Crippen MR) is 76.1 cm³/mol. The van der Waals surface area contributed by atoms with Gasteiger partial charge in [-0.1, -0.05) is 35.9 Å². The molecule has 4 heteroatoms. The second kappa shape index (κ2) is 5.80. The standard InChI is InChI=1S/C15H14BrF2N/c1-9-3-5-10(6-4-9)15(19-2)11-7-8-12(17)14(18)13(11)16/h3-8,15,19H,1-2H3. The number of nitrogens with one attached hydrogen (secondary N) is 1. The van der Waals surface area contributed by atoms with E-state index < -0.39 is 11.6 Å². The van der Waals surface area contributed by atoms with E-state index in [0.717, 1.165) is 17.2 Å². The smallest absolute Gasteiger partial charge is 0.173 e. The van der Waals surface area contributed by atoms with Crippen molar-refractivity contribution < 1.29 is 8.78 Å². The number of aryl methyl sites for hydroxylation is 1. The fourth-order valence-corrected chi connectivity index (χ4v) is 2.57. The topological polar surface area (TPSA) is 12.0 Å². The van der Waals surface area contributed by atoms with E-state index in [9.17, 15) is 8.78 Å². The lowest BCUT2D eigenvalue weighted by molar-refractivity contribution is 0.499.